The summed E-state index contributed by atoms with van der Waals surface area (Å²) < 4.78 is 0. The normalized spacial score (nSPS) is 23.1. The van der Waals surface area contributed by atoms with Crippen molar-refractivity contribution in [3.63, 3.8) is 0 Å². The van der Waals surface area contributed by atoms with E-state index in [1.807, 2.05) is 5.32 Å². The van der Waals surface area contributed by atoms with Gasteiger partial charge in [-0.25, -0.2) is 0 Å². The van der Waals surface area contributed by atoms with Gasteiger partial charge in [-0.05, 0) is 6.92 Å². The summed E-state index contributed by atoms with van der Waals surface area (Å²) in [6.45, 7) is 1.48. The molecule has 1 atom stereocenters. The van der Waals surface area contributed by atoms with Gasteiger partial charge in [0.1, 0.15) is 0 Å². The molecule has 0 spiro atoms. The zero-order valence-electron chi connectivity index (χ0n) is 6.23. The molecule has 0 aliphatic carbocycles. The Labute approximate surface area is 67.4 Å². The van der Waals surface area contributed by atoms with Crippen LogP contribution >= 0.6 is 0 Å². The van der Waals surface area contributed by atoms with Crippen LogP contribution in [0.5, 0.6) is 0 Å². The average molecular weight is 170 g/mol. The molecule has 6 heteroatoms. The number of nitrogens with one attached hydrogen (secondary N) is 1. The second-order valence-corrected chi connectivity index (χ2v) is 2.42. The summed E-state index contributed by atoms with van der Waals surface area (Å²) in [5, 5.41) is 12.1. The lowest BCUT2D eigenvalue weighted by molar-refractivity contribution is -0.419. The summed E-state index contributed by atoms with van der Waals surface area (Å²) in [7, 11) is 0. The highest BCUT2D eigenvalue weighted by Crippen LogP contribution is 2.09. The van der Waals surface area contributed by atoms with Gasteiger partial charge in [-0.3, -0.25) is 25.0 Å². The Morgan fingerprint density at radius 3 is 2.67 bits per heavy atom. The van der Waals surface area contributed by atoms with Crippen LogP contribution in [0.25, 0.3) is 0 Å². The van der Waals surface area contributed by atoms with Gasteiger partial charge in [0.2, 0.25) is 5.91 Å². The fourth-order valence-corrected chi connectivity index (χ4v) is 0.822. The lowest BCUT2D eigenvalue weighted by atomic mass is 10.1. The van der Waals surface area contributed by atoms with Crippen molar-refractivity contribution in [2.75, 3.05) is 0 Å². The molecule has 1 rings (SSSR count). The average Bonchev–Trinajstić information content (AvgIpc) is 1.96. The van der Waals surface area contributed by atoms with Crippen molar-refractivity contribution in [3.05, 3.63) is 21.9 Å². The van der Waals surface area contributed by atoms with Crippen molar-refractivity contribution in [3.8, 4) is 0 Å². The third-order valence-electron chi connectivity index (χ3n) is 1.49. The molecule has 0 saturated heterocycles. The van der Waals surface area contributed by atoms with Gasteiger partial charge < -0.3 is 0 Å². The van der Waals surface area contributed by atoms with E-state index in [0.717, 1.165) is 6.08 Å². The Balaban J connectivity index is 3.01. The van der Waals surface area contributed by atoms with Crippen LogP contribution in [-0.4, -0.2) is 16.7 Å². The highest BCUT2D eigenvalue weighted by molar-refractivity contribution is 6.06. The molecular formula is C6H6N2O4. The van der Waals surface area contributed by atoms with Crippen LogP contribution in [-0.2, 0) is 9.59 Å². The van der Waals surface area contributed by atoms with E-state index >= 15 is 0 Å². The van der Waals surface area contributed by atoms with Crippen molar-refractivity contribution in [2.45, 2.75) is 6.92 Å². The summed E-state index contributed by atoms with van der Waals surface area (Å²) in [6.07, 6.45) is 1.04. The number of rotatable bonds is 1. The van der Waals surface area contributed by atoms with E-state index in [1.54, 1.807) is 0 Å². The largest absolute Gasteiger partial charge is 0.330 e. The number of nitrogens with zero attached hydrogens (tertiary/aromatic N) is 1. The maximum atomic E-state index is 10.8. The molecule has 1 aliphatic heterocycles. The van der Waals surface area contributed by atoms with Crippen LogP contribution < -0.4 is 5.32 Å². The predicted octanol–water partition coefficient (Wildman–Crippen LogP) is -0.560. The lowest BCUT2D eigenvalue weighted by Gasteiger charge is -2.11. The van der Waals surface area contributed by atoms with E-state index in [1.165, 1.54) is 6.92 Å². The topological polar surface area (TPSA) is 89.3 Å². The highest BCUT2D eigenvalue weighted by atomic mass is 16.6. The minimum absolute atomic E-state index is 0.509. The first-order valence-electron chi connectivity index (χ1n) is 3.24. The van der Waals surface area contributed by atoms with Crippen LogP contribution in [0.3, 0.4) is 0 Å². The molecule has 1 N–H and O–H groups in total. The first-order chi connectivity index (χ1) is 5.52. The summed E-state index contributed by atoms with van der Waals surface area (Å²) in [5.74, 6) is -2.07. The number of imide groups is 1. The van der Waals surface area contributed by atoms with Gasteiger partial charge in [-0.15, -0.1) is 0 Å². The first kappa shape index (κ1) is 8.38. The van der Waals surface area contributed by atoms with Crippen molar-refractivity contribution < 1.29 is 14.5 Å². The third-order valence-corrected chi connectivity index (χ3v) is 1.49. The van der Waals surface area contributed by atoms with E-state index in [0.29, 0.717) is 0 Å². The molecule has 0 fully saturated rings. The van der Waals surface area contributed by atoms with Crippen molar-refractivity contribution in [1.82, 2.24) is 5.32 Å². The molecule has 2 amide bonds. The number of amides is 2. The smallest absolute Gasteiger partial charge is 0.286 e. The van der Waals surface area contributed by atoms with Gasteiger partial charge in [0.05, 0.1) is 10.8 Å². The molecule has 0 aromatic rings. The van der Waals surface area contributed by atoms with Crippen molar-refractivity contribution >= 4 is 11.8 Å². The molecular weight excluding hydrogens is 164 g/mol. The van der Waals surface area contributed by atoms with Crippen molar-refractivity contribution in [2.24, 2.45) is 5.92 Å². The first-order valence-corrected chi connectivity index (χ1v) is 3.24. The van der Waals surface area contributed by atoms with E-state index in [2.05, 4.69) is 0 Å². The quantitative estimate of drug-likeness (QED) is 0.324. The minimum Gasteiger partial charge on any atom is -0.286 e. The standard InChI is InChI=1S/C6H6N2O4/c1-3-2-4(8(11)12)6(10)7-5(3)9/h2-3H,1H3,(H,7,9,10). The molecule has 0 aromatic carbocycles. The SMILES string of the molecule is CC1C=C([N+](=O)[O-])C(=O)NC1=O. The molecule has 12 heavy (non-hydrogen) atoms. The Morgan fingerprint density at radius 1 is 1.58 bits per heavy atom. The van der Waals surface area contributed by atoms with E-state index in [9.17, 15) is 19.7 Å². The molecule has 0 saturated carbocycles. The second kappa shape index (κ2) is 2.72. The summed E-state index contributed by atoms with van der Waals surface area (Å²) in [4.78, 5) is 30.9. The molecule has 1 heterocycles. The van der Waals surface area contributed by atoms with E-state index in [4.69, 9.17) is 0 Å². The van der Waals surface area contributed by atoms with Gasteiger partial charge in [0.25, 0.3) is 0 Å². The minimum atomic E-state index is -0.942. The van der Waals surface area contributed by atoms with Gasteiger partial charge >= 0.3 is 11.6 Å². The second-order valence-electron chi connectivity index (χ2n) is 2.42. The molecule has 6 nitrogen and oxygen atoms in total. The van der Waals surface area contributed by atoms with Crippen LogP contribution in [0.2, 0.25) is 0 Å². The third kappa shape index (κ3) is 1.31. The fraction of sp³-hybridized carbons (Fsp3) is 0.333. The van der Waals surface area contributed by atoms with E-state index in [-0.39, 0.29) is 0 Å². The predicted molar refractivity (Wildman–Crippen MR) is 37.4 cm³/mol. The Kier molecular flexibility index (Phi) is 1.90. The van der Waals surface area contributed by atoms with Crippen LogP contribution in [0, 0.1) is 16.0 Å². The number of carbonyl (C=O) groups excluding carboxylic acids is 2. The maximum Gasteiger partial charge on any atom is 0.330 e. The van der Waals surface area contributed by atoms with Crippen LogP contribution in [0.4, 0.5) is 0 Å². The molecule has 0 radical (unpaired) electrons. The maximum absolute atomic E-state index is 10.8. The van der Waals surface area contributed by atoms with Gasteiger partial charge in [0.15, 0.2) is 0 Å². The number of hydrogen-bond acceptors (Lipinski definition) is 4. The molecule has 64 valence electrons. The Hall–Kier alpha value is -1.72. The summed E-state index contributed by atoms with van der Waals surface area (Å²) in [5.41, 5.74) is -0.567. The molecule has 0 aromatic heterocycles. The lowest BCUT2D eigenvalue weighted by Crippen LogP contribution is -2.41. The summed E-state index contributed by atoms with van der Waals surface area (Å²) in [6, 6.07) is 0. The highest BCUT2D eigenvalue weighted by Gasteiger charge is 2.31. The zero-order valence-corrected chi connectivity index (χ0v) is 6.23. The Bertz CT molecular complexity index is 294. The molecule has 1 unspecified atom stereocenters. The van der Waals surface area contributed by atoms with Crippen LogP contribution in [0.1, 0.15) is 6.92 Å². The van der Waals surface area contributed by atoms with Gasteiger partial charge in [-0.2, -0.15) is 0 Å². The number of carbonyl (C=O) groups is 2. The van der Waals surface area contributed by atoms with E-state index < -0.39 is 28.4 Å². The number of hydrogen-bond donors (Lipinski definition) is 1. The molecule has 0 bridgehead atoms. The Morgan fingerprint density at radius 2 is 2.17 bits per heavy atom. The summed E-state index contributed by atoms with van der Waals surface area (Å²) >= 11 is 0. The number of nitro groups is 1. The van der Waals surface area contributed by atoms with Gasteiger partial charge in [-0.1, -0.05) is 0 Å². The fourth-order valence-electron chi connectivity index (χ4n) is 0.822. The zero-order chi connectivity index (χ0) is 9.30. The van der Waals surface area contributed by atoms with Gasteiger partial charge in [0, 0.05) is 6.08 Å². The monoisotopic (exact) mass is 170 g/mol. The molecule has 1 aliphatic rings. The van der Waals surface area contributed by atoms with Crippen molar-refractivity contribution in [1.29, 1.82) is 0 Å². The van der Waals surface area contributed by atoms with Crippen LogP contribution in [0.15, 0.2) is 11.8 Å².